The van der Waals surface area contributed by atoms with Crippen LogP contribution in [0.3, 0.4) is 0 Å². The van der Waals surface area contributed by atoms with E-state index < -0.39 is 107 Å². The fourth-order valence-corrected chi connectivity index (χ4v) is 5.79. The van der Waals surface area contributed by atoms with Crippen LogP contribution in [0.4, 0.5) is 0 Å². The normalized spacial score (nSPS) is 16.4. The molecular weight excluding hydrogens is 736 g/mol. The monoisotopic (exact) mass is 811 g/mol. The SMILES string of the molecule is CCC(C)C(N)C(=O)NC(CC(C)C)C(=O)NC(CC(C)C)C(=O)NC(C(=O)NC(C)C(=O)NC(C)C(=O)NC(C(=O)NC(CC(C)C)C(=O)O)C(C)C)C(C)C. The second-order valence-electron chi connectivity index (χ2n) is 17.2. The fraction of sp³-hybridized carbons (Fsp3) is 0.800. The molecule has 0 aromatic rings. The lowest BCUT2D eigenvalue weighted by atomic mass is 9.97. The maximum atomic E-state index is 13.7. The molecule has 0 aromatic heterocycles. The maximum absolute atomic E-state index is 13.7. The lowest BCUT2D eigenvalue weighted by molar-refractivity contribution is -0.143. The molecule has 0 fully saturated rings. The van der Waals surface area contributed by atoms with E-state index in [0.29, 0.717) is 12.8 Å². The molecule has 17 nitrogen and oxygen atoms in total. The predicted octanol–water partition coefficient (Wildman–Crippen LogP) is 1.33. The predicted molar refractivity (Wildman–Crippen MR) is 218 cm³/mol. The van der Waals surface area contributed by atoms with Crippen molar-refractivity contribution in [3.63, 3.8) is 0 Å². The van der Waals surface area contributed by atoms with Crippen LogP contribution in [0.5, 0.6) is 0 Å². The van der Waals surface area contributed by atoms with Gasteiger partial charge < -0.3 is 48.1 Å². The number of amides is 7. The minimum atomic E-state index is -1.19. The molecule has 17 heteroatoms. The zero-order valence-electron chi connectivity index (χ0n) is 36.7. The van der Waals surface area contributed by atoms with E-state index in [2.05, 4.69) is 37.2 Å². The van der Waals surface area contributed by atoms with Crippen LogP contribution < -0.4 is 43.0 Å². The summed E-state index contributed by atoms with van der Waals surface area (Å²) < 4.78 is 0. The van der Waals surface area contributed by atoms with E-state index in [-0.39, 0.29) is 36.5 Å². The van der Waals surface area contributed by atoms with Gasteiger partial charge in [0.05, 0.1) is 6.04 Å². The number of carboxylic acid groups (broad SMARTS) is 1. The van der Waals surface area contributed by atoms with Crippen LogP contribution in [0.2, 0.25) is 0 Å². The molecule has 0 heterocycles. The van der Waals surface area contributed by atoms with Crippen LogP contribution in [0.1, 0.15) is 123 Å². The smallest absolute Gasteiger partial charge is 0.326 e. The lowest BCUT2D eigenvalue weighted by Gasteiger charge is -2.29. The average Bonchev–Trinajstić information content (AvgIpc) is 3.09. The van der Waals surface area contributed by atoms with Gasteiger partial charge >= 0.3 is 5.97 Å². The molecule has 9 atom stereocenters. The summed E-state index contributed by atoms with van der Waals surface area (Å²) in [7, 11) is 0. The quantitative estimate of drug-likeness (QED) is 0.0639. The summed E-state index contributed by atoms with van der Waals surface area (Å²) in [5.41, 5.74) is 6.12. The second-order valence-corrected chi connectivity index (χ2v) is 17.2. The highest BCUT2D eigenvalue weighted by Gasteiger charge is 2.35. The van der Waals surface area contributed by atoms with E-state index in [1.165, 1.54) is 13.8 Å². The molecule has 0 aliphatic rings. The standard InChI is InChI=1S/C40H74N8O9/c1-15-24(12)30(41)37(53)45-27(16-19(2)3)35(51)44-28(17-20(4)5)36(52)48-31(22(8)9)38(54)43-25(13)33(49)42-26(14)34(50)47-32(23(10)11)39(55)46-29(40(56)57)18-21(6)7/h19-32H,15-18,41H2,1-14H3,(H,42,49)(H,43,54)(H,44,51)(H,45,53)(H,46,55)(H,47,50)(H,48,52)(H,56,57). The van der Waals surface area contributed by atoms with Gasteiger partial charge in [0, 0.05) is 0 Å². The first-order valence-electron chi connectivity index (χ1n) is 20.3. The molecule has 0 spiro atoms. The van der Waals surface area contributed by atoms with Gasteiger partial charge in [-0.2, -0.15) is 0 Å². The molecule has 0 rings (SSSR count). The number of carbonyl (C=O) groups excluding carboxylic acids is 7. The molecule has 0 radical (unpaired) electrons. The highest BCUT2D eigenvalue weighted by molar-refractivity contribution is 5.97. The van der Waals surface area contributed by atoms with E-state index in [1.54, 1.807) is 27.7 Å². The van der Waals surface area contributed by atoms with Crippen molar-refractivity contribution in [2.75, 3.05) is 0 Å². The van der Waals surface area contributed by atoms with Gasteiger partial charge in [0.25, 0.3) is 0 Å². The van der Waals surface area contributed by atoms with Crippen molar-refractivity contribution >= 4 is 47.3 Å². The van der Waals surface area contributed by atoms with E-state index in [0.717, 1.165) is 0 Å². The highest BCUT2D eigenvalue weighted by Crippen LogP contribution is 2.13. The summed E-state index contributed by atoms with van der Waals surface area (Å²) in [6.07, 6.45) is 1.40. The number of hydrogen-bond donors (Lipinski definition) is 9. The molecule has 57 heavy (non-hydrogen) atoms. The van der Waals surface area contributed by atoms with Crippen LogP contribution in [-0.4, -0.2) is 101 Å². The van der Waals surface area contributed by atoms with Gasteiger partial charge in [-0.25, -0.2) is 4.79 Å². The molecule has 0 bridgehead atoms. The Morgan fingerprint density at radius 1 is 0.439 bits per heavy atom. The summed E-state index contributed by atoms with van der Waals surface area (Å²) >= 11 is 0. The Hall–Kier alpha value is -4.28. The third-order valence-corrected chi connectivity index (χ3v) is 9.56. The van der Waals surface area contributed by atoms with Crippen LogP contribution in [0, 0.1) is 35.5 Å². The van der Waals surface area contributed by atoms with E-state index in [1.807, 2.05) is 55.4 Å². The van der Waals surface area contributed by atoms with Gasteiger partial charge in [-0.3, -0.25) is 33.6 Å². The van der Waals surface area contributed by atoms with Crippen LogP contribution in [0.15, 0.2) is 0 Å². The van der Waals surface area contributed by atoms with Gasteiger partial charge in [0.1, 0.15) is 42.3 Å². The van der Waals surface area contributed by atoms with Crippen LogP contribution in [0.25, 0.3) is 0 Å². The third-order valence-electron chi connectivity index (χ3n) is 9.56. The number of hydrogen-bond acceptors (Lipinski definition) is 9. The first kappa shape index (κ1) is 52.7. The maximum Gasteiger partial charge on any atom is 0.326 e. The Morgan fingerprint density at radius 3 is 1.14 bits per heavy atom. The Bertz CT molecular complexity index is 1370. The van der Waals surface area contributed by atoms with Crippen molar-refractivity contribution < 1.29 is 43.5 Å². The second kappa shape index (κ2) is 25.2. The molecule has 0 saturated heterocycles. The van der Waals surface area contributed by atoms with E-state index >= 15 is 0 Å². The Kier molecular flexibility index (Phi) is 23.3. The molecule has 0 aliphatic carbocycles. The zero-order valence-corrected chi connectivity index (χ0v) is 36.7. The summed E-state index contributed by atoms with van der Waals surface area (Å²) in [6, 6.07) is -8.46. The van der Waals surface area contributed by atoms with Gasteiger partial charge in [0.2, 0.25) is 41.4 Å². The van der Waals surface area contributed by atoms with E-state index in [9.17, 15) is 43.5 Å². The Labute approximate surface area is 339 Å². The number of carboxylic acids is 1. The molecular formula is C40H74N8O9. The molecule has 0 saturated carbocycles. The number of nitrogens with two attached hydrogens (primary N) is 1. The topological polar surface area (TPSA) is 267 Å². The minimum absolute atomic E-state index is 0.00764. The summed E-state index contributed by atoms with van der Waals surface area (Å²) in [5, 5.41) is 27.9. The van der Waals surface area contributed by atoms with Crippen molar-refractivity contribution in [3.8, 4) is 0 Å². The van der Waals surface area contributed by atoms with Crippen LogP contribution >= 0.6 is 0 Å². The van der Waals surface area contributed by atoms with Gasteiger partial charge in [-0.05, 0) is 68.6 Å². The van der Waals surface area contributed by atoms with E-state index in [4.69, 9.17) is 5.73 Å². The van der Waals surface area contributed by atoms with Gasteiger partial charge in [0.15, 0.2) is 0 Å². The molecule has 328 valence electrons. The van der Waals surface area contributed by atoms with Crippen molar-refractivity contribution in [1.82, 2.24) is 37.2 Å². The zero-order chi connectivity index (χ0) is 44.5. The first-order valence-corrected chi connectivity index (χ1v) is 20.3. The first-order chi connectivity index (χ1) is 26.2. The molecule has 7 amide bonds. The van der Waals surface area contributed by atoms with Crippen molar-refractivity contribution in [3.05, 3.63) is 0 Å². The minimum Gasteiger partial charge on any atom is -0.480 e. The summed E-state index contributed by atoms with van der Waals surface area (Å²) in [6.45, 7) is 24.5. The molecule has 0 aromatic carbocycles. The van der Waals surface area contributed by atoms with Gasteiger partial charge in [-0.1, -0.05) is 89.5 Å². The molecule has 10 N–H and O–H groups in total. The van der Waals surface area contributed by atoms with Gasteiger partial charge in [-0.15, -0.1) is 0 Å². The summed E-state index contributed by atoms with van der Waals surface area (Å²) in [5.74, 6) is -6.60. The fourth-order valence-electron chi connectivity index (χ4n) is 5.79. The van der Waals surface area contributed by atoms with Crippen molar-refractivity contribution in [2.24, 2.45) is 41.2 Å². The molecule has 9 unspecified atom stereocenters. The Morgan fingerprint density at radius 2 is 0.754 bits per heavy atom. The highest BCUT2D eigenvalue weighted by atomic mass is 16.4. The average molecular weight is 811 g/mol. The van der Waals surface area contributed by atoms with Crippen molar-refractivity contribution in [1.29, 1.82) is 0 Å². The number of rotatable bonds is 25. The van der Waals surface area contributed by atoms with Crippen LogP contribution in [-0.2, 0) is 38.4 Å². The number of aliphatic carboxylic acids is 1. The largest absolute Gasteiger partial charge is 0.480 e. The van der Waals surface area contributed by atoms with Crippen molar-refractivity contribution in [2.45, 2.75) is 171 Å². The number of carbonyl (C=O) groups is 8. The third kappa shape index (κ3) is 19.1. The number of nitrogens with one attached hydrogen (secondary N) is 7. The lowest BCUT2D eigenvalue weighted by Crippen LogP contribution is -2.60. The summed E-state index contributed by atoms with van der Waals surface area (Å²) in [4.78, 5) is 105. The Balaban J connectivity index is 5.78. The molecule has 0 aliphatic heterocycles.